The first kappa shape index (κ1) is 13.8. The van der Waals surface area contributed by atoms with E-state index in [0.29, 0.717) is 17.0 Å². The second-order valence-electron chi connectivity index (χ2n) is 4.43. The zero-order valence-corrected chi connectivity index (χ0v) is 11.1. The molecule has 0 fully saturated rings. The lowest BCUT2D eigenvalue weighted by Gasteiger charge is -2.14. The van der Waals surface area contributed by atoms with Crippen molar-refractivity contribution in [2.24, 2.45) is 0 Å². The molecule has 0 aliphatic rings. The van der Waals surface area contributed by atoms with Crippen LogP contribution in [-0.2, 0) is 0 Å². The van der Waals surface area contributed by atoms with E-state index in [0.717, 1.165) is 10.8 Å². The standard InChI is InChI=1S/C12H13N3O5/c1-5-9(7(3)20-14-5)6(2)15-4-8(11(17)18)10(16)13-12(15)19/h4,6H,1-3H3,(H,17,18)(H,13,16,19). The van der Waals surface area contributed by atoms with Crippen LogP contribution in [0.2, 0.25) is 0 Å². The van der Waals surface area contributed by atoms with Gasteiger partial charge in [0.2, 0.25) is 0 Å². The maximum Gasteiger partial charge on any atom is 0.342 e. The van der Waals surface area contributed by atoms with E-state index in [2.05, 4.69) is 5.16 Å². The number of nitrogens with one attached hydrogen (secondary N) is 1. The van der Waals surface area contributed by atoms with Crippen molar-refractivity contribution in [1.82, 2.24) is 14.7 Å². The van der Waals surface area contributed by atoms with Crippen LogP contribution in [-0.4, -0.2) is 25.8 Å². The smallest absolute Gasteiger partial charge is 0.342 e. The van der Waals surface area contributed by atoms with Crippen LogP contribution in [0, 0.1) is 13.8 Å². The Morgan fingerprint density at radius 1 is 1.45 bits per heavy atom. The summed E-state index contributed by atoms with van der Waals surface area (Å²) in [5.74, 6) is -0.865. The zero-order chi connectivity index (χ0) is 15.0. The van der Waals surface area contributed by atoms with Gasteiger partial charge in [0.25, 0.3) is 5.56 Å². The van der Waals surface area contributed by atoms with Gasteiger partial charge in [-0.1, -0.05) is 5.16 Å². The Labute approximate surface area is 112 Å². The van der Waals surface area contributed by atoms with Gasteiger partial charge in [-0.2, -0.15) is 0 Å². The highest BCUT2D eigenvalue weighted by Crippen LogP contribution is 2.23. The molecule has 20 heavy (non-hydrogen) atoms. The molecule has 0 saturated carbocycles. The van der Waals surface area contributed by atoms with Crippen molar-refractivity contribution in [3.63, 3.8) is 0 Å². The van der Waals surface area contributed by atoms with E-state index < -0.39 is 28.8 Å². The second-order valence-corrected chi connectivity index (χ2v) is 4.43. The number of H-pyrrole nitrogens is 1. The third-order valence-electron chi connectivity index (χ3n) is 3.12. The molecule has 0 spiro atoms. The van der Waals surface area contributed by atoms with Crippen LogP contribution in [0.5, 0.6) is 0 Å². The molecule has 0 aliphatic heterocycles. The summed E-state index contributed by atoms with van der Waals surface area (Å²) in [6.45, 7) is 5.11. The van der Waals surface area contributed by atoms with Crippen LogP contribution in [0.1, 0.15) is 40.3 Å². The van der Waals surface area contributed by atoms with Crippen molar-refractivity contribution in [3.8, 4) is 0 Å². The average molecular weight is 279 g/mol. The number of aryl methyl sites for hydroxylation is 2. The number of carboxylic acid groups (broad SMARTS) is 1. The quantitative estimate of drug-likeness (QED) is 0.842. The number of nitrogens with zero attached hydrogens (tertiary/aromatic N) is 2. The molecule has 2 heterocycles. The minimum atomic E-state index is -1.40. The molecule has 2 aromatic heterocycles. The Hall–Kier alpha value is -2.64. The van der Waals surface area contributed by atoms with Crippen molar-refractivity contribution in [2.75, 3.05) is 0 Å². The lowest BCUT2D eigenvalue weighted by Crippen LogP contribution is -2.35. The van der Waals surface area contributed by atoms with Crippen molar-refractivity contribution < 1.29 is 14.4 Å². The zero-order valence-electron chi connectivity index (χ0n) is 11.1. The molecule has 1 atom stereocenters. The number of rotatable bonds is 3. The van der Waals surface area contributed by atoms with E-state index in [1.54, 1.807) is 20.8 Å². The fraction of sp³-hybridized carbons (Fsp3) is 0.333. The number of aromatic nitrogens is 3. The summed E-state index contributed by atoms with van der Waals surface area (Å²) < 4.78 is 6.16. The fourth-order valence-corrected chi connectivity index (χ4v) is 2.15. The summed E-state index contributed by atoms with van der Waals surface area (Å²) in [5.41, 5.74) is -0.833. The van der Waals surface area contributed by atoms with Gasteiger partial charge in [0.05, 0.1) is 11.7 Å². The first-order valence-electron chi connectivity index (χ1n) is 5.84. The lowest BCUT2D eigenvalue weighted by molar-refractivity contribution is 0.0693. The Bertz CT molecular complexity index is 764. The van der Waals surface area contributed by atoms with Gasteiger partial charge in [-0.3, -0.25) is 14.3 Å². The topological polar surface area (TPSA) is 118 Å². The average Bonchev–Trinajstić information content (AvgIpc) is 2.68. The van der Waals surface area contributed by atoms with Gasteiger partial charge in [0.15, 0.2) is 0 Å². The molecule has 2 rings (SSSR count). The minimum absolute atomic E-state index is 0.497. The molecule has 2 aromatic rings. The first-order valence-corrected chi connectivity index (χ1v) is 5.84. The van der Waals surface area contributed by atoms with Crippen LogP contribution in [0.25, 0.3) is 0 Å². The number of hydrogen-bond donors (Lipinski definition) is 2. The molecule has 0 amide bonds. The maximum atomic E-state index is 11.8. The van der Waals surface area contributed by atoms with E-state index in [4.69, 9.17) is 9.63 Å². The monoisotopic (exact) mass is 279 g/mol. The molecule has 106 valence electrons. The van der Waals surface area contributed by atoms with Crippen molar-refractivity contribution in [1.29, 1.82) is 0 Å². The van der Waals surface area contributed by atoms with E-state index >= 15 is 0 Å². The van der Waals surface area contributed by atoms with Gasteiger partial charge in [-0.25, -0.2) is 9.59 Å². The highest BCUT2D eigenvalue weighted by atomic mass is 16.5. The van der Waals surface area contributed by atoms with Gasteiger partial charge in [-0.15, -0.1) is 0 Å². The van der Waals surface area contributed by atoms with Crippen molar-refractivity contribution in [3.05, 3.63) is 49.6 Å². The number of hydrogen-bond acceptors (Lipinski definition) is 5. The summed E-state index contributed by atoms with van der Waals surface area (Å²) >= 11 is 0. The molecule has 0 radical (unpaired) electrons. The molecule has 2 N–H and O–H groups in total. The van der Waals surface area contributed by atoms with Gasteiger partial charge in [0.1, 0.15) is 11.3 Å². The Kier molecular flexibility index (Phi) is 3.31. The highest BCUT2D eigenvalue weighted by Gasteiger charge is 2.21. The molecular formula is C12H13N3O5. The third-order valence-corrected chi connectivity index (χ3v) is 3.12. The number of carbonyl (C=O) groups is 1. The maximum absolute atomic E-state index is 11.8. The molecule has 8 heteroatoms. The highest BCUT2D eigenvalue weighted by molar-refractivity contribution is 5.86. The summed E-state index contributed by atoms with van der Waals surface area (Å²) in [6, 6.07) is -0.510. The molecule has 8 nitrogen and oxygen atoms in total. The number of aromatic carboxylic acids is 1. The van der Waals surface area contributed by atoms with E-state index in [-0.39, 0.29) is 0 Å². The van der Waals surface area contributed by atoms with Crippen LogP contribution in [0.15, 0.2) is 20.3 Å². The number of carboxylic acids is 1. The predicted octanol–water partition coefficient (Wildman–Crippen LogP) is 0.449. The van der Waals surface area contributed by atoms with E-state index in [1.165, 1.54) is 0 Å². The van der Waals surface area contributed by atoms with Crippen LogP contribution in [0.4, 0.5) is 0 Å². The normalized spacial score (nSPS) is 12.3. The summed E-state index contributed by atoms with van der Waals surface area (Å²) in [6.07, 6.45) is 1.03. The fourth-order valence-electron chi connectivity index (χ4n) is 2.15. The van der Waals surface area contributed by atoms with Crippen LogP contribution < -0.4 is 11.2 Å². The van der Waals surface area contributed by atoms with Gasteiger partial charge >= 0.3 is 11.7 Å². The molecule has 0 aromatic carbocycles. The van der Waals surface area contributed by atoms with Crippen molar-refractivity contribution >= 4 is 5.97 Å². The molecule has 0 aliphatic carbocycles. The number of aromatic amines is 1. The van der Waals surface area contributed by atoms with Gasteiger partial charge in [0, 0.05) is 11.8 Å². The van der Waals surface area contributed by atoms with Crippen LogP contribution >= 0.6 is 0 Å². The molecule has 0 saturated heterocycles. The van der Waals surface area contributed by atoms with Gasteiger partial charge < -0.3 is 9.63 Å². The Morgan fingerprint density at radius 3 is 2.60 bits per heavy atom. The van der Waals surface area contributed by atoms with Crippen molar-refractivity contribution in [2.45, 2.75) is 26.8 Å². The SMILES string of the molecule is Cc1noc(C)c1C(C)n1cc(C(=O)O)c(=O)[nH]c1=O. The first-order chi connectivity index (χ1) is 9.32. The Balaban J connectivity index is 2.64. The molecule has 0 bridgehead atoms. The Morgan fingerprint density at radius 2 is 2.10 bits per heavy atom. The van der Waals surface area contributed by atoms with E-state index in [9.17, 15) is 14.4 Å². The third kappa shape index (κ3) is 2.15. The summed E-state index contributed by atoms with van der Waals surface area (Å²) in [4.78, 5) is 36.2. The van der Waals surface area contributed by atoms with Gasteiger partial charge in [-0.05, 0) is 20.8 Å². The summed E-state index contributed by atoms with van der Waals surface area (Å²) in [5, 5.41) is 12.7. The lowest BCUT2D eigenvalue weighted by atomic mass is 10.1. The predicted molar refractivity (Wildman–Crippen MR) is 68.1 cm³/mol. The summed E-state index contributed by atoms with van der Waals surface area (Å²) in [7, 11) is 0. The molecule has 1 unspecified atom stereocenters. The van der Waals surface area contributed by atoms with Crippen LogP contribution in [0.3, 0.4) is 0 Å². The largest absolute Gasteiger partial charge is 0.477 e. The minimum Gasteiger partial charge on any atom is -0.477 e. The van der Waals surface area contributed by atoms with E-state index in [1.807, 2.05) is 4.98 Å². The molecular weight excluding hydrogens is 266 g/mol. The second kappa shape index (κ2) is 4.80.